The van der Waals surface area contributed by atoms with Gasteiger partial charge in [-0.15, -0.1) is 0 Å². The minimum absolute atomic E-state index is 0.170. The van der Waals surface area contributed by atoms with Gasteiger partial charge in [-0.2, -0.15) is 0 Å². The van der Waals surface area contributed by atoms with Crippen LogP contribution in [0.25, 0.3) is 0 Å². The molecule has 0 amide bonds. The lowest BCUT2D eigenvalue weighted by Gasteiger charge is -2.30. The number of likely N-dealkylation sites (N-methyl/N-ethyl adjacent to an activating group) is 1. The number of carbonyl (C=O) groups excluding carboxylic acids is 1. The highest BCUT2D eigenvalue weighted by atomic mass is 16.5. The molecule has 2 unspecified atom stereocenters. The quantitative estimate of drug-likeness (QED) is 0.709. The van der Waals surface area contributed by atoms with E-state index in [0.29, 0.717) is 12.0 Å². The van der Waals surface area contributed by atoms with Crippen LogP contribution >= 0.6 is 0 Å². The molecule has 1 aliphatic rings. The van der Waals surface area contributed by atoms with Gasteiger partial charge in [0.15, 0.2) is 0 Å². The Bertz CT molecular complexity index is 231. The van der Waals surface area contributed by atoms with E-state index in [4.69, 9.17) is 4.74 Å². The molecule has 0 saturated carbocycles. The van der Waals surface area contributed by atoms with Gasteiger partial charge in [0, 0.05) is 12.6 Å². The first-order chi connectivity index (χ1) is 7.60. The first-order valence-electron chi connectivity index (χ1n) is 6.09. The maximum atomic E-state index is 11.5. The van der Waals surface area contributed by atoms with Crippen LogP contribution in [0.15, 0.2) is 0 Å². The van der Waals surface area contributed by atoms with E-state index < -0.39 is 0 Å². The van der Waals surface area contributed by atoms with E-state index in [-0.39, 0.29) is 12.0 Å². The second-order valence-corrected chi connectivity index (χ2v) is 4.81. The van der Waals surface area contributed by atoms with Crippen LogP contribution in [0, 0.1) is 5.92 Å². The second kappa shape index (κ2) is 6.21. The van der Waals surface area contributed by atoms with Gasteiger partial charge in [0.1, 0.15) is 6.04 Å². The highest BCUT2D eigenvalue weighted by Crippen LogP contribution is 2.23. The third-order valence-electron chi connectivity index (χ3n) is 3.44. The van der Waals surface area contributed by atoms with Crippen molar-refractivity contribution in [1.29, 1.82) is 0 Å². The first kappa shape index (κ1) is 13.5. The molecular formula is C12H24N2O2. The molecule has 1 N–H and O–H groups in total. The maximum absolute atomic E-state index is 11.5. The molecule has 0 radical (unpaired) electrons. The van der Waals surface area contributed by atoms with Gasteiger partial charge < -0.3 is 10.1 Å². The van der Waals surface area contributed by atoms with Crippen LogP contribution in [0.2, 0.25) is 0 Å². The van der Waals surface area contributed by atoms with Crippen molar-refractivity contribution in [1.82, 2.24) is 10.2 Å². The Morgan fingerprint density at radius 2 is 2.25 bits per heavy atom. The summed E-state index contributed by atoms with van der Waals surface area (Å²) in [7, 11) is 3.25. The second-order valence-electron chi connectivity index (χ2n) is 4.81. The Balaban J connectivity index is 2.54. The summed E-state index contributed by atoms with van der Waals surface area (Å²) in [6, 6.07) is 0.407. The van der Waals surface area contributed by atoms with Crippen LogP contribution in [-0.2, 0) is 9.53 Å². The Morgan fingerprint density at radius 3 is 2.75 bits per heavy atom. The zero-order chi connectivity index (χ0) is 12.1. The fourth-order valence-electron chi connectivity index (χ4n) is 2.49. The highest BCUT2D eigenvalue weighted by molar-refractivity contribution is 5.75. The van der Waals surface area contributed by atoms with Crippen LogP contribution in [0.1, 0.15) is 26.7 Å². The van der Waals surface area contributed by atoms with Crippen molar-refractivity contribution in [2.45, 2.75) is 38.8 Å². The van der Waals surface area contributed by atoms with E-state index in [1.165, 1.54) is 20.0 Å². The molecule has 0 aromatic heterocycles. The van der Waals surface area contributed by atoms with Crippen LogP contribution in [0.3, 0.4) is 0 Å². The van der Waals surface area contributed by atoms with Crippen molar-refractivity contribution in [3.63, 3.8) is 0 Å². The monoisotopic (exact) mass is 228 g/mol. The molecule has 94 valence electrons. The minimum Gasteiger partial charge on any atom is -0.468 e. The van der Waals surface area contributed by atoms with E-state index in [9.17, 15) is 4.79 Å². The van der Waals surface area contributed by atoms with Gasteiger partial charge in [-0.25, -0.2) is 0 Å². The lowest BCUT2D eigenvalue weighted by molar-refractivity contribution is -0.143. The molecule has 1 rings (SSSR count). The van der Waals surface area contributed by atoms with E-state index >= 15 is 0 Å². The molecule has 0 aromatic rings. The van der Waals surface area contributed by atoms with Crippen molar-refractivity contribution >= 4 is 5.97 Å². The van der Waals surface area contributed by atoms with Crippen LogP contribution in [0.4, 0.5) is 0 Å². The summed E-state index contributed by atoms with van der Waals surface area (Å²) in [4.78, 5) is 13.9. The number of nitrogens with one attached hydrogen (secondary N) is 1. The van der Waals surface area contributed by atoms with Gasteiger partial charge in [-0.3, -0.25) is 9.69 Å². The Labute approximate surface area is 98.3 Å². The summed E-state index contributed by atoms with van der Waals surface area (Å²) >= 11 is 0. The number of esters is 1. The van der Waals surface area contributed by atoms with E-state index in [2.05, 4.69) is 24.1 Å². The molecule has 1 saturated heterocycles. The van der Waals surface area contributed by atoms with E-state index in [1.54, 1.807) is 0 Å². The number of methoxy groups -OCH3 is 1. The Kier molecular flexibility index (Phi) is 5.22. The molecule has 1 heterocycles. The lowest BCUT2D eigenvalue weighted by atomic mass is 10.0. The maximum Gasteiger partial charge on any atom is 0.324 e. The molecule has 16 heavy (non-hydrogen) atoms. The predicted molar refractivity (Wildman–Crippen MR) is 64.3 cm³/mol. The topological polar surface area (TPSA) is 41.6 Å². The first-order valence-corrected chi connectivity index (χ1v) is 6.09. The molecular weight excluding hydrogens is 204 g/mol. The smallest absolute Gasteiger partial charge is 0.324 e. The summed E-state index contributed by atoms with van der Waals surface area (Å²) < 4.78 is 4.78. The molecule has 4 nitrogen and oxygen atoms in total. The van der Waals surface area contributed by atoms with Crippen molar-refractivity contribution in [2.75, 3.05) is 27.2 Å². The van der Waals surface area contributed by atoms with Crippen molar-refractivity contribution in [3.05, 3.63) is 0 Å². The number of carbonyl (C=O) groups is 1. The van der Waals surface area contributed by atoms with Gasteiger partial charge in [0.2, 0.25) is 0 Å². The molecule has 0 aromatic carbocycles. The molecule has 1 aliphatic heterocycles. The largest absolute Gasteiger partial charge is 0.468 e. The average Bonchev–Trinajstić information content (AvgIpc) is 2.72. The third kappa shape index (κ3) is 3.19. The predicted octanol–water partition coefficient (Wildman–Crippen LogP) is 0.868. The van der Waals surface area contributed by atoms with Gasteiger partial charge in [-0.1, -0.05) is 13.8 Å². The number of hydrogen-bond donors (Lipinski definition) is 1. The van der Waals surface area contributed by atoms with Crippen LogP contribution in [0.5, 0.6) is 0 Å². The summed E-state index contributed by atoms with van der Waals surface area (Å²) in [5.41, 5.74) is 0. The van der Waals surface area contributed by atoms with Crippen molar-refractivity contribution in [2.24, 2.45) is 5.92 Å². The summed E-state index contributed by atoms with van der Waals surface area (Å²) in [6.45, 7) is 6.34. The molecule has 4 heteroatoms. The standard InChI is InChI=1S/C12H24N2O2/c1-9(2)11-6-5-7-14(11)8-10(13-3)12(15)16-4/h9-11,13H,5-8H2,1-4H3. The summed E-state index contributed by atoms with van der Waals surface area (Å²) in [6.07, 6.45) is 2.48. The molecule has 0 aliphatic carbocycles. The van der Waals surface area contributed by atoms with Gasteiger partial charge in [0.05, 0.1) is 7.11 Å². The summed E-state index contributed by atoms with van der Waals surface area (Å²) in [5.74, 6) is 0.481. The number of ether oxygens (including phenoxy) is 1. The molecule has 2 atom stereocenters. The normalized spacial score (nSPS) is 23.7. The third-order valence-corrected chi connectivity index (χ3v) is 3.44. The number of likely N-dealkylation sites (tertiary alicyclic amines) is 1. The van der Waals surface area contributed by atoms with Gasteiger partial charge >= 0.3 is 5.97 Å². The Morgan fingerprint density at radius 1 is 1.56 bits per heavy atom. The zero-order valence-corrected chi connectivity index (χ0v) is 10.8. The minimum atomic E-state index is -0.204. The fourth-order valence-corrected chi connectivity index (χ4v) is 2.49. The summed E-state index contributed by atoms with van der Waals surface area (Å²) in [5, 5.41) is 3.02. The average molecular weight is 228 g/mol. The van der Waals surface area contributed by atoms with Crippen LogP contribution < -0.4 is 5.32 Å². The molecule has 0 spiro atoms. The van der Waals surface area contributed by atoms with Gasteiger partial charge in [-0.05, 0) is 32.4 Å². The zero-order valence-electron chi connectivity index (χ0n) is 10.8. The SMILES string of the molecule is CNC(CN1CCCC1C(C)C)C(=O)OC. The van der Waals surface area contributed by atoms with E-state index in [0.717, 1.165) is 13.1 Å². The Hall–Kier alpha value is -0.610. The highest BCUT2D eigenvalue weighted by Gasteiger charge is 2.30. The van der Waals surface area contributed by atoms with Gasteiger partial charge in [0.25, 0.3) is 0 Å². The fraction of sp³-hybridized carbons (Fsp3) is 0.917. The number of rotatable bonds is 5. The number of hydrogen-bond acceptors (Lipinski definition) is 4. The van der Waals surface area contributed by atoms with Crippen LogP contribution in [-0.4, -0.2) is 50.2 Å². The lowest BCUT2D eigenvalue weighted by Crippen LogP contribution is -2.47. The van der Waals surface area contributed by atoms with E-state index in [1.807, 2.05) is 7.05 Å². The molecule has 1 fully saturated rings. The van der Waals surface area contributed by atoms with Crippen molar-refractivity contribution < 1.29 is 9.53 Å². The van der Waals surface area contributed by atoms with Crippen molar-refractivity contribution in [3.8, 4) is 0 Å². The molecule has 0 bridgehead atoms. The number of nitrogens with zero attached hydrogens (tertiary/aromatic N) is 1.